The molecule has 2 atom stereocenters. The van der Waals surface area contributed by atoms with Gasteiger partial charge in [-0.15, -0.1) is 0 Å². The number of thioether (sulfide) groups is 1. The van der Waals surface area contributed by atoms with Gasteiger partial charge in [-0.25, -0.2) is 0 Å². The lowest BCUT2D eigenvalue weighted by Crippen LogP contribution is -2.54. The van der Waals surface area contributed by atoms with Crippen LogP contribution in [0.4, 0.5) is 18.9 Å². The van der Waals surface area contributed by atoms with Gasteiger partial charge in [0.1, 0.15) is 0 Å². The van der Waals surface area contributed by atoms with Crippen LogP contribution in [0, 0.1) is 11.3 Å². The number of rotatable bonds is 1. The van der Waals surface area contributed by atoms with Crippen molar-refractivity contribution in [2.24, 2.45) is 0 Å². The smallest absolute Gasteiger partial charge is 0.364 e. The molecule has 0 unspecified atom stereocenters. The number of nitrogens with one attached hydrogen (secondary N) is 1. The zero-order valence-corrected chi connectivity index (χ0v) is 17.5. The molecule has 0 radical (unpaired) electrons. The van der Waals surface area contributed by atoms with Crippen molar-refractivity contribution in [2.75, 3.05) is 30.3 Å². The number of hydrogen-bond donors (Lipinski definition) is 1. The predicted octanol–water partition coefficient (Wildman–Crippen LogP) is 5.15. The zero-order chi connectivity index (χ0) is 21.1. The Balaban J connectivity index is 1.73. The molecular formula is C23H22F3N3S. The Hall–Kier alpha value is -2.17. The van der Waals surface area contributed by atoms with Gasteiger partial charge in [0.2, 0.25) is 0 Å². The summed E-state index contributed by atoms with van der Waals surface area (Å²) in [6.45, 7) is 5.08. The number of benzene rings is 2. The van der Waals surface area contributed by atoms with Gasteiger partial charge in [0.05, 0.1) is 17.2 Å². The molecule has 30 heavy (non-hydrogen) atoms. The summed E-state index contributed by atoms with van der Waals surface area (Å²) in [6, 6.07) is 9.63. The molecule has 2 aromatic carbocycles. The second-order valence-electron chi connectivity index (χ2n) is 8.51. The van der Waals surface area contributed by atoms with Crippen LogP contribution in [0.15, 0.2) is 30.3 Å². The fourth-order valence-electron chi connectivity index (χ4n) is 5.39. The van der Waals surface area contributed by atoms with Gasteiger partial charge in [-0.1, -0.05) is 6.07 Å². The molecule has 0 bridgehead atoms. The highest BCUT2D eigenvalue weighted by molar-refractivity contribution is 7.98. The largest absolute Gasteiger partial charge is 0.417 e. The van der Waals surface area contributed by atoms with Crippen LogP contribution in [0.1, 0.15) is 41.5 Å². The number of anilines is 1. The molecule has 2 aromatic rings. The van der Waals surface area contributed by atoms with Crippen LogP contribution in [0.25, 0.3) is 11.1 Å². The summed E-state index contributed by atoms with van der Waals surface area (Å²) in [4.78, 5) is 2.52. The molecule has 0 spiro atoms. The highest BCUT2D eigenvalue weighted by Crippen LogP contribution is 2.54. The summed E-state index contributed by atoms with van der Waals surface area (Å²) < 4.78 is 41.5. The molecule has 5 rings (SSSR count). The molecule has 0 aromatic heterocycles. The number of fused-ring (bicyclic) bond motifs is 3. The Morgan fingerprint density at radius 2 is 2.10 bits per heavy atom. The minimum absolute atomic E-state index is 0.00335. The number of hydrogen-bond acceptors (Lipinski definition) is 4. The van der Waals surface area contributed by atoms with E-state index in [-0.39, 0.29) is 22.6 Å². The van der Waals surface area contributed by atoms with Crippen molar-refractivity contribution in [3.8, 4) is 17.2 Å². The van der Waals surface area contributed by atoms with Crippen molar-refractivity contribution >= 4 is 17.4 Å². The maximum Gasteiger partial charge on any atom is 0.417 e. The van der Waals surface area contributed by atoms with E-state index in [0.29, 0.717) is 5.56 Å². The van der Waals surface area contributed by atoms with Crippen molar-refractivity contribution in [1.82, 2.24) is 5.32 Å². The van der Waals surface area contributed by atoms with E-state index in [0.717, 1.165) is 54.8 Å². The average molecular weight is 430 g/mol. The van der Waals surface area contributed by atoms with Crippen molar-refractivity contribution in [3.05, 3.63) is 52.6 Å². The number of piperidine rings is 1. The lowest BCUT2D eigenvalue weighted by atomic mass is 9.78. The molecule has 3 heterocycles. The highest BCUT2D eigenvalue weighted by Gasteiger charge is 2.50. The molecule has 1 fully saturated rings. The quantitative estimate of drug-likeness (QED) is 0.681. The van der Waals surface area contributed by atoms with Gasteiger partial charge < -0.3 is 10.2 Å². The number of nitriles is 1. The van der Waals surface area contributed by atoms with E-state index in [2.05, 4.69) is 17.1 Å². The minimum atomic E-state index is -4.52. The number of halogens is 3. The highest BCUT2D eigenvalue weighted by atomic mass is 32.2. The molecule has 156 valence electrons. The summed E-state index contributed by atoms with van der Waals surface area (Å²) in [7, 11) is 0. The average Bonchev–Trinajstić information content (AvgIpc) is 2.84. The van der Waals surface area contributed by atoms with Crippen LogP contribution in [-0.2, 0) is 11.9 Å². The van der Waals surface area contributed by atoms with E-state index in [1.807, 2.05) is 30.0 Å². The lowest BCUT2D eigenvalue weighted by molar-refractivity contribution is -0.137. The molecular weight excluding hydrogens is 407 g/mol. The normalized spacial score (nSPS) is 25.3. The molecule has 0 saturated carbocycles. The number of alkyl halides is 3. The van der Waals surface area contributed by atoms with Crippen LogP contribution in [0.2, 0.25) is 0 Å². The lowest BCUT2D eigenvalue weighted by Gasteiger charge is -2.44. The Bertz CT molecular complexity index is 1060. The molecule has 3 aliphatic heterocycles. The SMILES string of the molecule is C[C@]12CCNC[C@H]1c1cc(-c3ccc(C#N)cc3C(F)(F)F)cc3c1N2CCSC3. The molecule has 1 saturated heterocycles. The van der Waals surface area contributed by atoms with Gasteiger partial charge in [0, 0.05) is 41.7 Å². The first-order valence-electron chi connectivity index (χ1n) is 10.2. The Kier molecular flexibility index (Phi) is 4.57. The third-order valence-corrected chi connectivity index (χ3v) is 7.86. The van der Waals surface area contributed by atoms with Crippen molar-refractivity contribution < 1.29 is 13.2 Å². The van der Waals surface area contributed by atoms with Gasteiger partial charge in [0.15, 0.2) is 0 Å². The van der Waals surface area contributed by atoms with Crippen LogP contribution in [0.5, 0.6) is 0 Å². The van der Waals surface area contributed by atoms with Gasteiger partial charge in [0.25, 0.3) is 0 Å². The summed E-state index contributed by atoms with van der Waals surface area (Å²) in [5.74, 6) is 2.08. The van der Waals surface area contributed by atoms with Crippen LogP contribution in [-0.4, -0.2) is 30.9 Å². The van der Waals surface area contributed by atoms with E-state index in [1.54, 1.807) is 0 Å². The molecule has 3 aliphatic rings. The Labute approximate surface area is 178 Å². The first-order valence-corrected chi connectivity index (χ1v) is 11.3. The maximum absolute atomic E-state index is 13.8. The Morgan fingerprint density at radius 1 is 1.27 bits per heavy atom. The van der Waals surface area contributed by atoms with Gasteiger partial charge in [-0.3, -0.25) is 0 Å². The second-order valence-corrected chi connectivity index (χ2v) is 9.62. The van der Waals surface area contributed by atoms with E-state index >= 15 is 0 Å². The zero-order valence-electron chi connectivity index (χ0n) is 16.6. The standard InChI is InChI=1S/C23H22F3N3S/c1-22-4-5-28-12-20(22)18-10-15(9-16-13-30-7-6-29(22)21(16)18)17-3-2-14(11-27)8-19(17)23(24,25)26/h2-3,8-10,20,28H,4-7,12-13H2,1H3/t20-,22-/m0/s1. The molecule has 1 N–H and O–H groups in total. The second kappa shape index (κ2) is 6.93. The minimum Gasteiger partial charge on any atom is -0.364 e. The summed E-state index contributed by atoms with van der Waals surface area (Å²) in [5, 5.41) is 12.6. The van der Waals surface area contributed by atoms with Gasteiger partial charge >= 0.3 is 6.18 Å². The summed E-state index contributed by atoms with van der Waals surface area (Å²) in [5.41, 5.74) is 3.56. The first-order chi connectivity index (χ1) is 14.3. The summed E-state index contributed by atoms with van der Waals surface area (Å²) >= 11 is 1.84. The Morgan fingerprint density at radius 3 is 2.87 bits per heavy atom. The molecule has 0 aliphatic carbocycles. The van der Waals surface area contributed by atoms with Crippen molar-refractivity contribution in [1.29, 1.82) is 5.26 Å². The number of nitrogens with zero attached hydrogens (tertiary/aromatic N) is 2. The monoisotopic (exact) mass is 429 g/mol. The van der Waals surface area contributed by atoms with E-state index < -0.39 is 11.7 Å². The van der Waals surface area contributed by atoms with Crippen LogP contribution >= 0.6 is 11.8 Å². The fourth-order valence-corrected chi connectivity index (χ4v) is 6.29. The topological polar surface area (TPSA) is 39.1 Å². The third-order valence-electron chi connectivity index (χ3n) is 6.87. The van der Waals surface area contributed by atoms with Crippen LogP contribution < -0.4 is 10.2 Å². The molecule has 7 heteroatoms. The van der Waals surface area contributed by atoms with Crippen molar-refractivity contribution in [3.63, 3.8) is 0 Å². The maximum atomic E-state index is 13.8. The van der Waals surface area contributed by atoms with Crippen LogP contribution in [0.3, 0.4) is 0 Å². The summed E-state index contributed by atoms with van der Waals surface area (Å²) in [6.07, 6.45) is -3.49. The molecule has 3 nitrogen and oxygen atoms in total. The molecule has 0 amide bonds. The van der Waals surface area contributed by atoms with Gasteiger partial charge in [-0.05, 0) is 66.4 Å². The van der Waals surface area contributed by atoms with E-state index in [1.165, 1.54) is 17.8 Å². The van der Waals surface area contributed by atoms with E-state index in [4.69, 9.17) is 5.26 Å². The third kappa shape index (κ3) is 2.92. The predicted molar refractivity (Wildman–Crippen MR) is 114 cm³/mol. The first kappa shape index (κ1) is 19.8. The van der Waals surface area contributed by atoms with Gasteiger partial charge in [-0.2, -0.15) is 30.2 Å². The fraction of sp³-hybridized carbons (Fsp3) is 0.435. The van der Waals surface area contributed by atoms with Crippen molar-refractivity contribution in [2.45, 2.75) is 36.7 Å². The van der Waals surface area contributed by atoms with E-state index in [9.17, 15) is 13.2 Å².